The summed E-state index contributed by atoms with van der Waals surface area (Å²) in [7, 11) is -5.04. The third kappa shape index (κ3) is 20.7. The molecule has 4 N–H and O–H groups in total. The predicted molar refractivity (Wildman–Crippen MR) is 174 cm³/mol. The molecule has 0 radical (unpaired) electrons. The molecular formula is C33H60O12S. The van der Waals surface area contributed by atoms with Crippen LogP contribution in [0.4, 0.5) is 0 Å². The Labute approximate surface area is 276 Å². The van der Waals surface area contributed by atoms with Crippen molar-refractivity contribution in [1.82, 2.24) is 0 Å². The van der Waals surface area contributed by atoms with Crippen LogP contribution < -0.4 is 0 Å². The molecule has 1 fully saturated rings. The highest BCUT2D eigenvalue weighted by Crippen LogP contribution is 2.26. The molecule has 0 aromatic rings. The minimum absolute atomic E-state index is 0.0267. The zero-order valence-corrected chi connectivity index (χ0v) is 28.7. The molecule has 12 nitrogen and oxygen atoms in total. The van der Waals surface area contributed by atoms with Crippen molar-refractivity contribution in [3.05, 3.63) is 24.3 Å². The van der Waals surface area contributed by atoms with E-state index in [-0.39, 0.29) is 19.6 Å². The van der Waals surface area contributed by atoms with E-state index in [2.05, 4.69) is 35.4 Å². The molecule has 6 unspecified atom stereocenters. The van der Waals surface area contributed by atoms with Gasteiger partial charge in [-0.25, -0.2) is 4.18 Å². The Morgan fingerprint density at radius 2 is 1.43 bits per heavy atom. The van der Waals surface area contributed by atoms with Gasteiger partial charge in [-0.15, -0.1) is 0 Å². The van der Waals surface area contributed by atoms with E-state index in [0.29, 0.717) is 13.0 Å². The van der Waals surface area contributed by atoms with Crippen LogP contribution in [0.3, 0.4) is 0 Å². The van der Waals surface area contributed by atoms with E-state index in [1.54, 1.807) is 0 Å². The maximum atomic E-state index is 12.1. The quantitative estimate of drug-likeness (QED) is 0.0379. The maximum absolute atomic E-state index is 12.1. The highest BCUT2D eigenvalue weighted by molar-refractivity contribution is 7.80. The fourth-order valence-corrected chi connectivity index (χ4v) is 5.48. The second-order valence-electron chi connectivity index (χ2n) is 11.8. The van der Waals surface area contributed by atoms with E-state index in [0.717, 1.165) is 32.1 Å². The van der Waals surface area contributed by atoms with E-state index < -0.39 is 59.8 Å². The Morgan fingerprint density at radius 1 is 0.826 bits per heavy atom. The molecule has 0 aliphatic carbocycles. The second kappa shape index (κ2) is 26.5. The summed E-state index contributed by atoms with van der Waals surface area (Å²) in [6.45, 7) is 3.53. The van der Waals surface area contributed by atoms with Crippen LogP contribution in [0.15, 0.2) is 24.3 Å². The molecule has 0 aromatic heterocycles. The van der Waals surface area contributed by atoms with Gasteiger partial charge in [0.25, 0.3) is 0 Å². The van der Waals surface area contributed by atoms with Crippen molar-refractivity contribution in [3.8, 4) is 0 Å². The Kier molecular flexibility index (Phi) is 24.6. The molecule has 0 bridgehead atoms. The lowest BCUT2D eigenvalue weighted by molar-refractivity contribution is -0.301. The van der Waals surface area contributed by atoms with Gasteiger partial charge in [-0.3, -0.25) is 9.35 Å². The number of carbonyl (C=O) groups excluding carboxylic acids is 1. The third-order valence-corrected chi connectivity index (χ3v) is 8.01. The van der Waals surface area contributed by atoms with Gasteiger partial charge in [0.05, 0.1) is 19.8 Å². The van der Waals surface area contributed by atoms with E-state index in [4.69, 9.17) is 23.5 Å². The summed E-state index contributed by atoms with van der Waals surface area (Å²) in [5.41, 5.74) is 0. The van der Waals surface area contributed by atoms with Crippen LogP contribution in [0.2, 0.25) is 0 Å². The van der Waals surface area contributed by atoms with Crippen molar-refractivity contribution in [3.63, 3.8) is 0 Å². The average Bonchev–Trinajstić information content (AvgIpc) is 3.01. The SMILES string of the molecule is CCCCC/C=C\C/C=C\CCCCCCCCCCOCC(COC1OC(CO)C(O)C(OS(=O)(=O)O)C1O)OC(=O)CCC. The number of allylic oxidation sites excluding steroid dienone is 4. The molecule has 0 amide bonds. The van der Waals surface area contributed by atoms with E-state index in [9.17, 15) is 28.5 Å². The summed E-state index contributed by atoms with van der Waals surface area (Å²) < 4.78 is 57.8. The lowest BCUT2D eigenvalue weighted by Gasteiger charge is -2.41. The molecule has 6 atom stereocenters. The van der Waals surface area contributed by atoms with E-state index >= 15 is 0 Å². The van der Waals surface area contributed by atoms with Crippen LogP contribution in [0, 0.1) is 0 Å². The first-order valence-corrected chi connectivity index (χ1v) is 18.5. The smallest absolute Gasteiger partial charge is 0.397 e. The standard InChI is InChI=1S/C33H60O12S/c1-3-5-6-7-8-9-10-11-12-13-14-15-16-17-18-19-20-21-23-41-25-27(43-29(35)22-4-2)26-42-33-31(37)32(45-46(38,39)40)30(36)28(24-34)44-33/h8-9,11-12,27-28,30-34,36-37H,3-7,10,13-26H2,1-2H3,(H,38,39,40)/b9-8-,12-11-. The van der Waals surface area contributed by atoms with Gasteiger partial charge in [0.15, 0.2) is 6.29 Å². The van der Waals surface area contributed by atoms with Crippen molar-refractivity contribution in [2.45, 2.75) is 153 Å². The topological polar surface area (TPSA) is 178 Å². The molecule has 0 saturated carbocycles. The lowest BCUT2D eigenvalue weighted by atomic mass is 9.99. The van der Waals surface area contributed by atoms with Crippen LogP contribution >= 0.6 is 0 Å². The van der Waals surface area contributed by atoms with Crippen LogP contribution in [-0.2, 0) is 38.3 Å². The molecule has 1 aliphatic rings. The zero-order valence-electron chi connectivity index (χ0n) is 27.9. The Morgan fingerprint density at radius 3 is 2.02 bits per heavy atom. The summed E-state index contributed by atoms with van der Waals surface area (Å²) in [5.74, 6) is -0.456. The molecule has 0 spiro atoms. The monoisotopic (exact) mass is 680 g/mol. The number of unbranched alkanes of at least 4 members (excludes halogenated alkanes) is 11. The number of carbonyl (C=O) groups is 1. The van der Waals surface area contributed by atoms with Crippen molar-refractivity contribution in [2.75, 3.05) is 26.4 Å². The lowest BCUT2D eigenvalue weighted by Crippen LogP contribution is -2.60. The highest BCUT2D eigenvalue weighted by atomic mass is 32.3. The van der Waals surface area contributed by atoms with E-state index in [1.165, 1.54) is 57.8 Å². The van der Waals surface area contributed by atoms with Gasteiger partial charge >= 0.3 is 16.4 Å². The highest BCUT2D eigenvalue weighted by Gasteiger charge is 2.48. The molecule has 1 heterocycles. The van der Waals surface area contributed by atoms with Crippen LogP contribution in [0.1, 0.15) is 117 Å². The molecule has 1 rings (SSSR count). The van der Waals surface area contributed by atoms with Gasteiger partial charge in [-0.2, -0.15) is 8.42 Å². The molecule has 1 saturated heterocycles. The van der Waals surface area contributed by atoms with Gasteiger partial charge in [0, 0.05) is 13.0 Å². The largest absolute Gasteiger partial charge is 0.457 e. The normalized spacial score (nSPS) is 23.0. The number of aliphatic hydroxyl groups excluding tert-OH is 3. The minimum Gasteiger partial charge on any atom is -0.457 e. The van der Waals surface area contributed by atoms with Gasteiger partial charge in [0.2, 0.25) is 0 Å². The molecule has 13 heteroatoms. The molecule has 270 valence electrons. The summed E-state index contributed by atoms with van der Waals surface area (Å²) in [4.78, 5) is 12.1. The van der Waals surface area contributed by atoms with Crippen molar-refractivity contribution in [2.24, 2.45) is 0 Å². The molecule has 46 heavy (non-hydrogen) atoms. The van der Waals surface area contributed by atoms with Gasteiger partial charge in [-0.05, 0) is 44.9 Å². The summed E-state index contributed by atoms with van der Waals surface area (Å²) >= 11 is 0. The van der Waals surface area contributed by atoms with Crippen molar-refractivity contribution < 1.29 is 56.2 Å². The fourth-order valence-electron chi connectivity index (χ4n) is 4.97. The second-order valence-corrected chi connectivity index (χ2v) is 12.8. The summed E-state index contributed by atoms with van der Waals surface area (Å²) in [6, 6.07) is 0. The maximum Gasteiger partial charge on any atom is 0.397 e. The predicted octanol–water partition coefficient (Wildman–Crippen LogP) is 4.95. The Bertz CT molecular complexity index is 926. The minimum atomic E-state index is -5.04. The van der Waals surface area contributed by atoms with E-state index in [1.807, 2.05) is 6.92 Å². The van der Waals surface area contributed by atoms with Crippen molar-refractivity contribution >= 4 is 16.4 Å². The molecule has 0 aromatic carbocycles. The Hall–Kier alpha value is -1.42. The third-order valence-electron chi connectivity index (χ3n) is 7.55. The first kappa shape index (κ1) is 42.6. The number of aliphatic hydroxyl groups is 3. The number of esters is 1. The number of ether oxygens (including phenoxy) is 4. The van der Waals surface area contributed by atoms with Gasteiger partial charge in [-0.1, -0.05) is 89.5 Å². The van der Waals surface area contributed by atoms with Crippen LogP contribution in [-0.4, -0.2) is 97.5 Å². The van der Waals surface area contributed by atoms with Crippen molar-refractivity contribution in [1.29, 1.82) is 0 Å². The zero-order chi connectivity index (χ0) is 34.0. The molecule has 1 aliphatic heterocycles. The summed E-state index contributed by atoms with van der Waals surface area (Å²) in [6.07, 6.45) is 17.0. The number of hydrogen-bond acceptors (Lipinski definition) is 11. The summed E-state index contributed by atoms with van der Waals surface area (Å²) in [5, 5.41) is 30.1. The van der Waals surface area contributed by atoms with Gasteiger partial charge in [0.1, 0.15) is 30.5 Å². The molecular weight excluding hydrogens is 620 g/mol. The number of hydrogen-bond donors (Lipinski definition) is 4. The van der Waals surface area contributed by atoms with Crippen LogP contribution in [0.25, 0.3) is 0 Å². The average molecular weight is 681 g/mol. The van der Waals surface area contributed by atoms with Crippen LogP contribution in [0.5, 0.6) is 0 Å². The first-order chi connectivity index (χ1) is 22.1. The number of rotatable bonds is 28. The fraction of sp³-hybridized carbons (Fsp3) is 0.848. The Balaban J connectivity index is 2.28. The first-order valence-electron chi connectivity index (χ1n) is 17.1. The van der Waals surface area contributed by atoms with Gasteiger partial charge < -0.3 is 34.3 Å².